The van der Waals surface area contributed by atoms with E-state index in [4.69, 9.17) is 0 Å². The third kappa shape index (κ3) is 4.60. The van der Waals surface area contributed by atoms with Crippen molar-refractivity contribution in [3.05, 3.63) is 63.2 Å². The third-order valence-electron chi connectivity index (χ3n) is 7.44. The first kappa shape index (κ1) is 24.7. The monoisotopic (exact) mass is 542 g/mol. The van der Waals surface area contributed by atoms with Crippen molar-refractivity contribution in [2.75, 3.05) is 7.05 Å². The van der Waals surface area contributed by atoms with Crippen LogP contribution in [-0.2, 0) is 48.0 Å². The van der Waals surface area contributed by atoms with Crippen molar-refractivity contribution in [3.63, 3.8) is 0 Å². The minimum absolute atomic E-state index is 0.0805. The lowest BCUT2D eigenvalue weighted by atomic mass is 10.0. The van der Waals surface area contributed by atoms with Gasteiger partial charge >= 0.3 is 6.03 Å². The van der Waals surface area contributed by atoms with Crippen molar-refractivity contribution in [2.24, 2.45) is 13.0 Å². The highest BCUT2D eigenvalue weighted by atomic mass is 32.3. The molecule has 2 aromatic rings. The van der Waals surface area contributed by atoms with E-state index in [9.17, 15) is 18.0 Å². The molecule has 10 nitrogen and oxygen atoms in total. The van der Waals surface area contributed by atoms with Crippen molar-refractivity contribution in [1.82, 2.24) is 29.2 Å². The van der Waals surface area contributed by atoms with Crippen molar-refractivity contribution in [1.29, 1.82) is 0 Å². The molecule has 1 N–H and O–H groups in total. The second-order valence-electron chi connectivity index (χ2n) is 10.8. The van der Waals surface area contributed by atoms with E-state index < -0.39 is 32.9 Å². The molecule has 196 valence electrons. The van der Waals surface area contributed by atoms with Crippen molar-refractivity contribution in [2.45, 2.75) is 56.9 Å². The number of rotatable bonds is 7. The Labute approximate surface area is 220 Å². The zero-order valence-electron chi connectivity index (χ0n) is 21.0. The molecule has 6 rings (SSSR count). The summed E-state index contributed by atoms with van der Waals surface area (Å²) < 4.78 is 30.9. The van der Waals surface area contributed by atoms with Crippen LogP contribution in [0.4, 0.5) is 4.79 Å². The third-order valence-corrected chi connectivity index (χ3v) is 11.0. The Morgan fingerprint density at radius 1 is 1.11 bits per heavy atom. The van der Waals surface area contributed by atoms with E-state index in [1.54, 1.807) is 29.0 Å². The van der Waals surface area contributed by atoms with Crippen molar-refractivity contribution < 1.29 is 18.0 Å². The Bertz CT molecular complexity index is 1430. The number of fused-ring (bicyclic) bond motifs is 2. The number of imide groups is 1. The standard InChI is InChI=1S/C25H30N6O4S2/c1-25(6-7-25)27-37(34,35)21-9-20-22(32)30(13-17-10-26-29(3)11-17)24(33)31(23(20)36-21)12-16-4-5-18-14-28(2)15-19(18)8-16/h4-5,8-11,20,23,27H,6-7,12-15H2,1-3H3. The maximum atomic E-state index is 13.8. The zero-order chi connectivity index (χ0) is 26.1. The quantitative estimate of drug-likeness (QED) is 0.572. The SMILES string of the molecule is CN1Cc2ccc(CN3C(=O)N(Cc4cnn(C)c4)C(=O)C4C=C(S(=O)(=O)NC5(C)CC5)SC43)cc2C1. The molecule has 1 saturated carbocycles. The lowest BCUT2D eigenvalue weighted by Crippen LogP contribution is -2.58. The topological polar surface area (TPSA) is 108 Å². The fraction of sp³-hybridized carbons (Fsp3) is 0.480. The molecule has 3 amide bonds. The number of urea groups is 1. The number of sulfonamides is 1. The second-order valence-corrected chi connectivity index (χ2v) is 13.9. The highest BCUT2D eigenvalue weighted by molar-refractivity contribution is 8.18. The van der Waals surface area contributed by atoms with E-state index in [0.717, 1.165) is 48.8 Å². The van der Waals surface area contributed by atoms with Gasteiger partial charge in [0.25, 0.3) is 0 Å². The first-order valence-corrected chi connectivity index (χ1v) is 14.7. The molecule has 37 heavy (non-hydrogen) atoms. The number of amides is 3. The van der Waals surface area contributed by atoms with Gasteiger partial charge in [0, 0.05) is 44.0 Å². The predicted molar refractivity (Wildman–Crippen MR) is 139 cm³/mol. The van der Waals surface area contributed by atoms with E-state index in [0.29, 0.717) is 0 Å². The molecule has 1 aromatic heterocycles. The number of carbonyl (C=O) groups excluding carboxylic acids is 2. The molecule has 12 heteroatoms. The van der Waals surface area contributed by atoms with Crippen LogP contribution in [0, 0.1) is 5.92 Å². The van der Waals surface area contributed by atoms with E-state index in [1.165, 1.54) is 22.1 Å². The smallest absolute Gasteiger partial charge is 0.306 e. The van der Waals surface area contributed by atoms with Crippen LogP contribution in [0.3, 0.4) is 0 Å². The summed E-state index contributed by atoms with van der Waals surface area (Å²) in [5.41, 5.74) is 3.75. The summed E-state index contributed by atoms with van der Waals surface area (Å²) in [6.45, 7) is 3.98. The molecule has 2 unspecified atom stereocenters. The Morgan fingerprint density at radius 2 is 1.86 bits per heavy atom. The van der Waals surface area contributed by atoms with Crippen LogP contribution < -0.4 is 4.72 Å². The van der Waals surface area contributed by atoms with Gasteiger partial charge in [-0.25, -0.2) is 17.9 Å². The van der Waals surface area contributed by atoms with Gasteiger partial charge in [-0.3, -0.25) is 19.3 Å². The maximum Gasteiger partial charge on any atom is 0.328 e. The van der Waals surface area contributed by atoms with Crippen molar-refractivity contribution in [3.8, 4) is 0 Å². The molecule has 0 bridgehead atoms. The molecule has 1 aromatic carbocycles. The lowest BCUT2D eigenvalue weighted by molar-refractivity contribution is -0.135. The van der Waals surface area contributed by atoms with Gasteiger partial charge in [-0.15, -0.1) is 0 Å². The van der Waals surface area contributed by atoms with E-state index in [1.807, 2.05) is 13.0 Å². The van der Waals surface area contributed by atoms with Gasteiger partial charge < -0.3 is 4.90 Å². The Kier molecular flexibility index (Phi) is 5.79. The summed E-state index contributed by atoms with van der Waals surface area (Å²) >= 11 is 1.09. The van der Waals surface area contributed by atoms with Gasteiger partial charge in [0.1, 0.15) is 9.61 Å². The van der Waals surface area contributed by atoms with Gasteiger partial charge in [-0.05, 0) is 49.6 Å². The minimum atomic E-state index is -3.79. The number of hydrogen-bond acceptors (Lipinski definition) is 7. The fourth-order valence-electron chi connectivity index (χ4n) is 5.22. The van der Waals surface area contributed by atoms with Crippen LogP contribution in [0.25, 0.3) is 0 Å². The summed E-state index contributed by atoms with van der Waals surface area (Å²) in [6, 6.07) is 5.80. The molecular formula is C25H30N6O4S2. The van der Waals surface area contributed by atoms with Crippen LogP contribution >= 0.6 is 11.8 Å². The molecule has 0 radical (unpaired) electrons. The fourth-order valence-corrected chi connectivity index (χ4v) is 8.52. The number of nitrogens with zero attached hydrogens (tertiary/aromatic N) is 5. The zero-order valence-corrected chi connectivity index (χ0v) is 22.7. The van der Waals surface area contributed by atoms with Gasteiger partial charge in [0.05, 0.1) is 18.7 Å². The van der Waals surface area contributed by atoms with Crippen LogP contribution in [0.15, 0.2) is 40.9 Å². The van der Waals surface area contributed by atoms with Gasteiger partial charge in [0.2, 0.25) is 15.9 Å². The molecular weight excluding hydrogens is 512 g/mol. The highest BCUT2D eigenvalue weighted by Crippen LogP contribution is 2.46. The van der Waals surface area contributed by atoms with Gasteiger partial charge in [-0.2, -0.15) is 5.10 Å². The molecule has 4 aliphatic rings. The number of aryl methyl sites for hydroxylation is 1. The summed E-state index contributed by atoms with van der Waals surface area (Å²) in [5, 5.41) is 3.53. The number of benzene rings is 1. The molecule has 1 saturated heterocycles. The number of hydrogen-bond donors (Lipinski definition) is 1. The lowest BCUT2D eigenvalue weighted by Gasteiger charge is -2.41. The Morgan fingerprint density at radius 3 is 2.57 bits per heavy atom. The molecule has 0 spiro atoms. The molecule has 3 aliphatic heterocycles. The Balaban J connectivity index is 1.32. The van der Waals surface area contributed by atoms with Crippen molar-refractivity contribution >= 4 is 33.7 Å². The molecule has 2 fully saturated rings. The number of thioether (sulfide) groups is 1. The second kappa shape index (κ2) is 8.69. The van der Waals surface area contributed by atoms with Crippen LogP contribution in [-0.4, -0.2) is 62.8 Å². The highest BCUT2D eigenvalue weighted by Gasteiger charge is 2.52. The van der Waals surface area contributed by atoms with E-state index >= 15 is 0 Å². The molecule has 4 heterocycles. The van der Waals surface area contributed by atoms with E-state index in [-0.39, 0.29) is 23.2 Å². The number of nitrogens with one attached hydrogen (secondary N) is 1. The minimum Gasteiger partial charge on any atom is -0.306 e. The molecule has 2 atom stereocenters. The van der Waals surface area contributed by atoms with Crippen LogP contribution in [0.2, 0.25) is 0 Å². The largest absolute Gasteiger partial charge is 0.328 e. The molecule has 1 aliphatic carbocycles. The normalized spacial score (nSPS) is 24.9. The predicted octanol–water partition coefficient (Wildman–Crippen LogP) is 2.33. The average molecular weight is 543 g/mol. The average Bonchev–Trinajstić information content (AvgIpc) is 3.20. The van der Waals surface area contributed by atoms with Gasteiger partial charge in [0.15, 0.2) is 0 Å². The van der Waals surface area contributed by atoms with Crippen LogP contribution in [0.1, 0.15) is 42.0 Å². The number of aromatic nitrogens is 2. The van der Waals surface area contributed by atoms with E-state index in [2.05, 4.69) is 33.9 Å². The van der Waals surface area contributed by atoms with Crippen LogP contribution in [0.5, 0.6) is 0 Å². The maximum absolute atomic E-state index is 13.8. The van der Waals surface area contributed by atoms with Gasteiger partial charge in [-0.1, -0.05) is 30.0 Å². The Hall–Kier alpha value is -2.67. The summed E-state index contributed by atoms with van der Waals surface area (Å²) in [5.74, 6) is -1.14. The summed E-state index contributed by atoms with van der Waals surface area (Å²) in [4.78, 5) is 32.4. The first-order chi connectivity index (χ1) is 17.5. The number of carbonyl (C=O) groups is 2. The summed E-state index contributed by atoms with van der Waals surface area (Å²) in [6.07, 6.45) is 6.49. The summed E-state index contributed by atoms with van der Waals surface area (Å²) in [7, 11) is 0.0530. The first-order valence-electron chi connectivity index (χ1n) is 12.3.